The highest BCUT2D eigenvalue weighted by molar-refractivity contribution is 5.94. The molecule has 1 aromatic heterocycles. The molecule has 4 rings (SSSR count). The predicted molar refractivity (Wildman–Crippen MR) is 105 cm³/mol. The molecule has 0 aliphatic carbocycles. The fourth-order valence-corrected chi connectivity index (χ4v) is 4.40. The first kappa shape index (κ1) is 18.1. The molecule has 142 valence electrons. The maximum absolute atomic E-state index is 12.8. The van der Waals surface area contributed by atoms with Gasteiger partial charge in [-0.25, -0.2) is 0 Å². The Kier molecular flexibility index (Phi) is 5.23. The van der Waals surface area contributed by atoms with E-state index in [4.69, 9.17) is 4.74 Å². The van der Waals surface area contributed by atoms with Crippen LogP contribution in [0.1, 0.15) is 40.4 Å². The zero-order chi connectivity index (χ0) is 18.8. The summed E-state index contributed by atoms with van der Waals surface area (Å²) < 4.78 is 5.68. The number of rotatable bonds is 4. The number of likely N-dealkylation sites (tertiary alicyclic amines) is 2. The minimum Gasteiger partial charge on any atom is -0.378 e. The van der Waals surface area contributed by atoms with Crippen LogP contribution in [0.5, 0.6) is 0 Å². The lowest BCUT2D eigenvalue weighted by Gasteiger charge is -2.53. The molecule has 2 aliphatic heterocycles. The SMILES string of the molecule is COC1CN(C2CCN(C(=O)c3cccc(C)c3)CC2)C1c1ccncc1. The van der Waals surface area contributed by atoms with Gasteiger partial charge in [-0.1, -0.05) is 17.7 Å². The van der Waals surface area contributed by atoms with Crippen LogP contribution in [0.4, 0.5) is 0 Å². The maximum Gasteiger partial charge on any atom is 0.253 e. The van der Waals surface area contributed by atoms with Gasteiger partial charge in [0.05, 0.1) is 12.1 Å². The molecule has 2 saturated heterocycles. The molecule has 0 bridgehead atoms. The molecular weight excluding hydrogens is 338 g/mol. The number of piperidine rings is 1. The number of aromatic nitrogens is 1. The molecule has 2 atom stereocenters. The van der Waals surface area contributed by atoms with E-state index in [9.17, 15) is 4.79 Å². The van der Waals surface area contributed by atoms with Gasteiger partial charge in [-0.05, 0) is 49.6 Å². The molecule has 27 heavy (non-hydrogen) atoms. The fourth-order valence-electron chi connectivity index (χ4n) is 4.40. The maximum atomic E-state index is 12.8. The molecule has 2 fully saturated rings. The number of carbonyl (C=O) groups is 1. The molecule has 3 heterocycles. The molecule has 0 saturated carbocycles. The molecule has 2 aromatic rings. The Labute approximate surface area is 161 Å². The number of amides is 1. The third-order valence-corrected chi connectivity index (χ3v) is 5.94. The highest BCUT2D eigenvalue weighted by Gasteiger charge is 2.44. The Morgan fingerprint density at radius 1 is 1.15 bits per heavy atom. The monoisotopic (exact) mass is 365 g/mol. The number of ether oxygens (including phenoxy) is 1. The molecule has 2 aliphatic rings. The molecule has 5 heteroatoms. The van der Waals surface area contributed by atoms with E-state index >= 15 is 0 Å². The van der Waals surface area contributed by atoms with Crippen molar-refractivity contribution in [2.24, 2.45) is 0 Å². The van der Waals surface area contributed by atoms with Crippen LogP contribution in [0.2, 0.25) is 0 Å². The van der Waals surface area contributed by atoms with E-state index in [1.807, 2.05) is 48.5 Å². The molecule has 0 radical (unpaired) electrons. The van der Waals surface area contributed by atoms with E-state index in [2.05, 4.69) is 22.0 Å². The van der Waals surface area contributed by atoms with Crippen molar-refractivity contribution in [3.63, 3.8) is 0 Å². The lowest BCUT2D eigenvalue weighted by atomic mass is 9.87. The number of nitrogens with zero attached hydrogens (tertiary/aromatic N) is 3. The second-order valence-electron chi connectivity index (χ2n) is 7.59. The number of benzene rings is 1. The average Bonchev–Trinajstić information content (AvgIpc) is 2.68. The van der Waals surface area contributed by atoms with Crippen LogP contribution >= 0.6 is 0 Å². The third kappa shape index (κ3) is 3.62. The summed E-state index contributed by atoms with van der Waals surface area (Å²) in [5.74, 6) is 0.154. The largest absolute Gasteiger partial charge is 0.378 e. The van der Waals surface area contributed by atoms with Gasteiger partial charge in [-0.15, -0.1) is 0 Å². The van der Waals surface area contributed by atoms with Gasteiger partial charge in [-0.2, -0.15) is 0 Å². The highest BCUT2D eigenvalue weighted by atomic mass is 16.5. The Morgan fingerprint density at radius 3 is 2.56 bits per heavy atom. The molecule has 5 nitrogen and oxygen atoms in total. The number of methoxy groups -OCH3 is 1. The first-order valence-electron chi connectivity index (χ1n) is 9.72. The van der Waals surface area contributed by atoms with Gasteiger partial charge in [0, 0.05) is 50.7 Å². The lowest BCUT2D eigenvalue weighted by Crippen LogP contribution is -2.60. The summed E-state index contributed by atoms with van der Waals surface area (Å²) in [6.45, 7) is 4.61. The summed E-state index contributed by atoms with van der Waals surface area (Å²) in [5, 5.41) is 0. The van der Waals surface area contributed by atoms with Crippen LogP contribution in [-0.2, 0) is 4.74 Å². The van der Waals surface area contributed by atoms with Crippen molar-refractivity contribution >= 4 is 5.91 Å². The van der Waals surface area contributed by atoms with Gasteiger partial charge < -0.3 is 9.64 Å². The Hall–Kier alpha value is -2.24. The van der Waals surface area contributed by atoms with Gasteiger partial charge in [0.1, 0.15) is 0 Å². The summed E-state index contributed by atoms with van der Waals surface area (Å²) >= 11 is 0. The molecule has 1 amide bonds. The minimum atomic E-state index is 0.154. The van der Waals surface area contributed by atoms with Crippen molar-refractivity contribution in [2.75, 3.05) is 26.7 Å². The first-order valence-corrected chi connectivity index (χ1v) is 9.72. The normalized spacial score (nSPS) is 23.9. The number of pyridine rings is 1. The van der Waals surface area contributed by atoms with Gasteiger partial charge in [0.15, 0.2) is 0 Å². The summed E-state index contributed by atoms with van der Waals surface area (Å²) in [4.78, 5) is 21.5. The number of carbonyl (C=O) groups excluding carboxylic acids is 1. The third-order valence-electron chi connectivity index (χ3n) is 5.94. The predicted octanol–water partition coefficient (Wildman–Crippen LogP) is 3.07. The minimum absolute atomic E-state index is 0.154. The average molecular weight is 365 g/mol. The molecule has 2 unspecified atom stereocenters. The Balaban J connectivity index is 1.40. The van der Waals surface area contributed by atoms with E-state index in [-0.39, 0.29) is 12.0 Å². The van der Waals surface area contributed by atoms with Crippen LogP contribution in [0.15, 0.2) is 48.8 Å². The van der Waals surface area contributed by atoms with Gasteiger partial charge in [0.25, 0.3) is 5.91 Å². The lowest BCUT2D eigenvalue weighted by molar-refractivity contribution is -0.115. The zero-order valence-electron chi connectivity index (χ0n) is 16.0. The number of hydrogen-bond donors (Lipinski definition) is 0. The van der Waals surface area contributed by atoms with Crippen molar-refractivity contribution in [3.05, 3.63) is 65.5 Å². The van der Waals surface area contributed by atoms with E-state index < -0.39 is 0 Å². The number of aryl methyl sites for hydroxylation is 1. The van der Waals surface area contributed by atoms with Gasteiger partial charge in [-0.3, -0.25) is 14.7 Å². The zero-order valence-corrected chi connectivity index (χ0v) is 16.0. The van der Waals surface area contributed by atoms with Crippen LogP contribution in [0.25, 0.3) is 0 Å². The van der Waals surface area contributed by atoms with Gasteiger partial charge in [0.2, 0.25) is 0 Å². The fraction of sp³-hybridized carbons (Fsp3) is 0.455. The molecule has 0 spiro atoms. The first-order chi connectivity index (χ1) is 13.2. The van der Waals surface area contributed by atoms with Crippen LogP contribution in [-0.4, -0.2) is 59.6 Å². The van der Waals surface area contributed by atoms with Crippen molar-refractivity contribution in [2.45, 2.75) is 38.0 Å². The molecular formula is C22H27N3O2. The van der Waals surface area contributed by atoms with Crippen molar-refractivity contribution in [1.82, 2.24) is 14.8 Å². The highest BCUT2D eigenvalue weighted by Crippen LogP contribution is 2.39. The summed E-state index contributed by atoms with van der Waals surface area (Å²) in [6, 6.07) is 12.8. The summed E-state index contributed by atoms with van der Waals surface area (Å²) in [5.41, 5.74) is 3.19. The molecule has 0 N–H and O–H groups in total. The van der Waals surface area contributed by atoms with Crippen molar-refractivity contribution < 1.29 is 9.53 Å². The van der Waals surface area contributed by atoms with E-state index in [1.165, 1.54) is 5.56 Å². The van der Waals surface area contributed by atoms with E-state index in [1.54, 1.807) is 7.11 Å². The smallest absolute Gasteiger partial charge is 0.253 e. The Morgan fingerprint density at radius 2 is 1.89 bits per heavy atom. The topological polar surface area (TPSA) is 45.7 Å². The Bertz CT molecular complexity index is 787. The van der Waals surface area contributed by atoms with E-state index in [0.29, 0.717) is 12.1 Å². The summed E-state index contributed by atoms with van der Waals surface area (Å²) in [7, 11) is 1.79. The molecule has 1 aromatic carbocycles. The van der Waals surface area contributed by atoms with Crippen molar-refractivity contribution in [1.29, 1.82) is 0 Å². The summed E-state index contributed by atoms with van der Waals surface area (Å²) in [6.07, 6.45) is 5.95. The van der Waals surface area contributed by atoms with E-state index in [0.717, 1.165) is 43.6 Å². The quantitative estimate of drug-likeness (QED) is 0.835. The number of hydrogen-bond acceptors (Lipinski definition) is 4. The van der Waals surface area contributed by atoms with Gasteiger partial charge >= 0.3 is 0 Å². The van der Waals surface area contributed by atoms with Crippen LogP contribution < -0.4 is 0 Å². The standard InChI is InChI=1S/C22H27N3O2/c1-16-4-3-5-18(14-16)22(26)24-12-8-19(9-13-24)25-15-20(27-2)21(25)17-6-10-23-11-7-17/h3-7,10-11,14,19-21H,8-9,12-13,15H2,1-2H3. The van der Waals surface area contributed by atoms with Crippen molar-refractivity contribution in [3.8, 4) is 0 Å². The van der Waals surface area contributed by atoms with Crippen LogP contribution in [0, 0.1) is 6.92 Å². The second-order valence-corrected chi connectivity index (χ2v) is 7.59. The second kappa shape index (κ2) is 7.79. The van der Waals surface area contributed by atoms with Crippen LogP contribution in [0.3, 0.4) is 0 Å².